The Morgan fingerprint density at radius 3 is 2.65 bits per heavy atom. The van der Waals surface area contributed by atoms with Crippen LogP contribution in [0.15, 0.2) is 29.9 Å². The third kappa shape index (κ3) is 2.40. The van der Waals surface area contributed by atoms with E-state index >= 15 is 0 Å². The molecule has 0 saturated heterocycles. The van der Waals surface area contributed by atoms with Crippen LogP contribution in [-0.2, 0) is 16.6 Å². The van der Waals surface area contributed by atoms with Gasteiger partial charge < -0.3 is 5.73 Å². The van der Waals surface area contributed by atoms with Crippen molar-refractivity contribution < 1.29 is 8.42 Å². The third-order valence-electron chi connectivity index (χ3n) is 1.98. The number of hydrogen-bond donors (Lipinski definition) is 3. The topological polar surface area (TPSA) is 127 Å². The highest BCUT2D eigenvalue weighted by Gasteiger charge is 2.20. The minimum absolute atomic E-state index is 0.0520. The van der Waals surface area contributed by atoms with Gasteiger partial charge in [0.15, 0.2) is 5.03 Å². The second-order valence-corrected chi connectivity index (χ2v) is 4.78. The molecule has 0 amide bonds. The summed E-state index contributed by atoms with van der Waals surface area (Å²) in [6, 6.07) is 0. The van der Waals surface area contributed by atoms with Gasteiger partial charge in [-0.1, -0.05) is 0 Å². The first-order chi connectivity index (χ1) is 8.13. The first-order valence-corrected chi connectivity index (χ1v) is 6.12. The molecule has 0 radical (unpaired) electrons. The Morgan fingerprint density at radius 2 is 2.00 bits per heavy atom. The van der Waals surface area contributed by atoms with Gasteiger partial charge in [0, 0.05) is 12.1 Å². The standard InChI is InChI=1S/C8H10N6O2S/c9-1-6-2-12-13-8(6)17(15,16)14-7-3-10-5-11-4-7/h2-5,14H,1,9H2,(H,12,13). The van der Waals surface area contributed by atoms with Crippen molar-refractivity contribution >= 4 is 15.7 Å². The molecule has 2 aromatic rings. The predicted octanol–water partition coefficient (Wildman–Crippen LogP) is -0.541. The molecule has 8 nitrogen and oxygen atoms in total. The van der Waals surface area contributed by atoms with Gasteiger partial charge in [0.2, 0.25) is 0 Å². The lowest BCUT2D eigenvalue weighted by Crippen LogP contribution is -2.16. The van der Waals surface area contributed by atoms with Gasteiger partial charge in [-0.15, -0.1) is 0 Å². The molecule has 0 saturated carbocycles. The van der Waals surface area contributed by atoms with E-state index in [1.54, 1.807) is 0 Å². The fourth-order valence-electron chi connectivity index (χ4n) is 1.24. The second-order valence-electron chi connectivity index (χ2n) is 3.16. The maximum Gasteiger partial charge on any atom is 0.279 e. The normalized spacial score (nSPS) is 11.4. The molecule has 0 aliphatic carbocycles. The van der Waals surface area contributed by atoms with Crippen molar-refractivity contribution in [2.75, 3.05) is 4.72 Å². The molecule has 0 aliphatic rings. The van der Waals surface area contributed by atoms with Crippen LogP contribution in [0, 0.1) is 0 Å². The van der Waals surface area contributed by atoms with Crippen molar-refractivity contribution in [1.29, 1.82) is 0 Å². The van der Waals surface area contributed by atoms with Crippen LogP contribution in [0.5, 0.6) is 0 Å². The third-order valence-corrected chi connectivity index (χ3v) is 3.37. The fourth-order valence-corrected chi connectivity index (χ4v) is 2.41. The highest BCUT2D eigenvalue weighted by molar-refractivity contribution is 7.92. The number of nitrogens with zero attached hydrogens (tertiary/aromatic N) is 3. The quantitative estimate of drug-likeness (QED) is 0.672. The van der Waals surface area contributed by atoms with Crippen molar-refractivity contribution in [3.05, 3.63) is 30.5 Å². The van der Waals surface area contributed by atoms with Gasteiger partial charge in [-0.2, -0.15) is 13.5 Å². The van der Waals surface area contributed by atoms with Crippen LogP contribution in [0.3, 0.4) is 0 Å². The Labute approximate surface area is 97.3 Å². The molecular formula is C8H10N6O2S. The van der Waals surface area contributed by atoms with Crippen molar-refractivity contribution in [3.8, 4) is 0 Å². The lowest BCUT2D eigenvalue weighted by atomic mass is 10.4. The summed E-state index contributed by atoms with van der Waals surface area (Å²) in [5.41, 5.74) is 6.09. The number of aromatic nitrogens is 4. The molecule has 0 aliphatic heterocycles. The fraction of sp³-hybridized carbons (Fsp3) is 0.125. The summed E-state index contributed by atoms with van der Waals surface area (Å²) in [7, 11) is -3.74. The molecule has 0 spiro atoms. The van der Waals surface area contributed by atoms with Crippen LogP contribution in [0.1, 0.15) is 5.56 Å². The van der Waals surface area contributed by atoms with E-state index in [1.165, 1.54) is 24.9 Å². The first kappa shape index (κ1) is 11.5. The molecule has 0 atom stereocenters. The number of aromatic amines is 1. The van der Waals surface area contributed by atoms with Gasteiger partial charge in [-0.25, -0.2) is 9.97 Å². The van der Waals surface area contributed by atoms with E-state index in [0.29, 0.717) is 5.56 Å². The minimum atomic E-state index is -3.74. The lowest BCUT2D eigenvalue weighted by molar-refractivity contribution is 0.595. The van der Waals surface area contributed by atoms with Crippen molar-refractivity contribution in [1.82, 2.24) is 20.2 Å². The van der Waals surface area contributed by atoms with Crippen LogP contribution in [0.4, 0.5) is 5.69 Å². The molecule has 0 unspecified atom stereocenters. The predicted molar refractivity (Wildman–Crippen MR) is 59.3 cm³/mol. The average molecular weight is 254 g/mol. The van der Waals surface area contributed by atoms with Gasteiger partial charge >= 0.3 is 0 Å². The van der Waals surface area contributed by atoms with E-state index in [9.17, 15) is 8.42 Å². The smallest absolute Gasteiger partial charge is 0.279 e. The maximum atomic E-state index is 11.9. The van der Waals surface area contributed by atoms with Gasteiger partial charge in [0.1, 0.15) is 6.33 Å². The molecule has 17 heavy (non-hydrogen) atoms. The van der Waals surface area contributed by atoms with Crippen LogP contribution in [0.2, 0.25) is 0 Å². The summed E-state index contributed by atoms with van der Waals surface area (Å²) in [5.74, 6) is 0. The molecule has 2 heterocycles. The molecular weight excluding hydrogens is 244 g/mol. The van der Waals surface area contributed by atoms with Gasteiger partial charge in [0.25, 0.3) is 10.0 Å². The summed E-state index contributed by atoms with van der Waals surface area (Å²) < 4.78 is 26.2. The number of anilines is 1. The summed E-state index contributed by atoms with van der Waals surface area (Å²) in [5, 5.41) is 5.99. The van der Waals surface area contributed by atoms with Gasteiger partial charge in [0.05, 0.1) is 24.3 Å². The zero-order valence-electron chi connectivity index (χ0n) is 8.66. The maximum absolute atomic E-state index is 11.9. The second kappa shape index (κ2) is 4.47. The number of rotatable bonds is 4. The van der Waals surface area contributed by atoms with Crippen LogP contribution < -0.4 is 10.5 Å². The number of nitrogens with one attached hydrogen (secondary N) is 2. The Bertz CT molecular complexity index is 593. The largest absolute Gasteiger partial charge is 0.326 e. The zero-order valence-corrected chi connectivity index (χ0v) is 9.48. The van der Waals surface area contributed by atoms with Crippen LogP contribution >= 0.6 is 0 Å². The van der Waals surface area contributed by atoms with E-state index in [2.05, 4.69) is 24.9 Å². The van der Waals surface area contributed by atoms with E-state index in [1.807, 2.05) is 0 Å². The van der Waals surface area contributed by atoms with E-state index in [-0.39, 0.29) is 17.3 Å². The van der Waals surface area contributed by atoms with Crippen LogP contribution in [0.25, 0.3) is 0 Å². The van der Waals surface area contributed by atoms with Gasteiger partial charge in [-0.05, 0) is 0 Å². The molecule has 0 fully saturated rings. The number of hydrogen-bond acceptors (Lipinski definition) is 6. The summed E-state index contributed by atoms with van der Waals surface area (Å²) in [6.07, 6.45) is 5.38. The highest BCUT2D eigenvalue weighted by Crippen LogP contribution is 2.15. The average Bonchev–Trinajstić information content (AvgIpc) is 2.78. The molecule has 0 aromatic carbocycles. The van der Waals surface area contributed by atoms with E-state index in [4.69, 9.17) is 5.73 Å². The summed E-state index contributed by atoms with van der Waals surface area (Å²) in [6.45, 7) is 0.0814. The molecule has 90 valence electrons. The number of H-pyrrole nitrogens is 1. The zero-order chi connectivity index (χ0) is 12.3. The monoisotopic (exact) mass is 254 g/mol. The molecule has 9 heteroatoms. The molecule has 2 aromatic heterocycles. The van der Waals surface area contributed by atoms with E-state index in [0.717, 1.165) is 0 Å². The Morgan fingerprint density at radius 1 is 1.29 bits per heavy atom. The van der Waals surface area contributed by atoms with Gasteiger partial charge in [-0.3, -0.25) is 9.82 Å². The Kier molecular flexibility index (Phi) is 3.02. The summed E-state index contributed by atoms with van der Waals surface area (Å²) >= 11 is 0. The van der Waals surface area contributed by atoms with Crippen molar-refractivity contribution in [2.24, 2.45) is 5.73 Å². The highest BCUT2D eigenvalue weighted by atomic mass is 32.2. The number of nitrogens with two attached hydrogens (primary N) is 1. The Hall–Kier alpha value is -2.00. The minimum Gasteiger partial charge on any atom is -0.326 e. The SMILES string of the molecule is NCc1cn[nH]c1S(=O)(=O)Nc1cncnc1. The molecule has 4 N–H and O–H groups in total. The van der Waals surface area contributed by atoms with Crippen molar-refractivity contribution in [3.63, 3.8) is 0 Å². The lowest BCUT2D eigenvalue weighted by Gasteiger charge is -2.06. The van der Waals surface area contributed by atoms with E-state index < -0.39 is 10.0 Å². The molecule has 0 bridgehead atoms. The number of sulfonamides is 1. The molecule has 2 rings (SSSR count). The van der Waals surface area contributed by atoms with Crippen molar-refractivity contribution in [2.45, 2.75) is 11.6 Å². The summed E-state index contributed by atoms with van der Waals surface area (Å²) in [4.78, 5) is 7.41. The Balaban J connectivity index is 2.32. The first-order valence-electron chi connectivity index (χ1n) is 4.63. The van der Waals surface area contributed by atoms with Crippen LogP contribution in [-0.4, -0.2) is 28.6 Å².